The number of nitrogens with one attached hydrogen (secondary N) is 2. The largest absolute Gasteiger partial charge is 0.444 e. The first kappa shape index (κ1) is 23.7. The minimum Gasteiger partial charge on any atom is -0.444 e. The van der Waals surface area contributed by atoms with Crippen LogP contribution in [0.2, 0.25) is 0 Å². The highest BCUT2D eigenvalue weighted by Gasteiger charge is 2.29. The number of amides is 1. The van der Waals surface area contributed by atoms with Gasteiger partial charge in [-0.2, -0.15) is 0 Å². The van der Waals surface area contributed by atoms with Crippen molar-refractivity contribution in [2.24, 2.45) is 0 Å². The van der Waals surface area contributed by atoms with Crippen LogP contribution in [0.15, 0.2) is 29.2 Å². The number of rotatable bonds is 7. The zero-order chi connectivity index (χ0) is 21.7. The van der Waals surface area contributed by atoms with Crippen molar-refractivity contribution >= 4 is 33.4 Å². The van der Waals surface area contributed by atoms with E-state index in [1.807, 2.05) is 20.8 Å². The van der Waals surface area contributed by atoms with Gasteiger partial charge in [-0.25, -0.2) is 17.9 Å². The van der Waals surface area contributed by atoms with Gasteiger partial charge in [0, 0.05) is 31.4 Å². The standard InChI is InChI=1S/C19H30ClN3O5S/c1-19(2,3)28-18(25)23-10-8-15(9-11-23)22-29(26,27)17-6-4-14(5-7-17)21-13-16(24)12-20/h4-7,15-16,21-22,24H,8-13H2,1-3H3. The van der Waals surface area contributed by atoms with Gasteiger partial charge >= 0.3 is 6.09 Å². The van der Waals surface area contributed by atoms with Crippen molar-refractivity contribution in [3.63, 3.8) is 0 Å². The summed E-state index contributed by atoms with van der Waals surface area (Å²) in [5.41, 5.74) is 0.136. The fraction of sp³-hybridized carbons (Fsp3) is 0.632. The predicted molar refractivity (Wildman–Crippen MR) is 113 cm³/mol. The van der Waals surface area contributed by atoms with Crippen LogP contribution in [-0.2, 0) is 14.8 Å². The number of alkyl halides is 1. The number of ether oxygens (including phenoxy) is 1. The topological polar surface area (TPSA) is 108 Å². The molecule has 0 bridgehead atoms. The van der Waals surface area contributed by atoms with Gasteiger partial charge in [-0.3, -0.25) is 0 Å². The van der Waals surface area contributed by atoms with Crippen LogP contribution in [0.5, 0.6) is 0 Å². The van der Waals surface area contributed by atoms with Crippen molar-refractivity contribution in [1.82, 2.24) is 9.62 Å². The lowest BCUT2D eigenvalue weighted by atomic mass is 10.1. The average molecular weight is 448 g/mol. The van der Waals surface area contributed by atoms with Crippen molar-refractivity contribution in [2.75, 3.05) is 30.8 Å². The second kappa shape index (κ2) is 9.97. The zero-order valence-electron chi connectivity index (χ0n) is 17.0. The number of piperidine rings is 1. The summed E-state index contributed by atoms with van der Waals surface area (Å²) >= 11 is 5.54. The van der Waals surface area contributed by atoms with Crippen LogP contribution in [0.25, 0.3) is 0 Å². The number of carbonyl (C=O) groups excluding carboxylic acids is 1. The van der Waals surface area contributed by atoms with E-state index in [1.165, 1.54) is 12.1 Å². The van der Waals surface area contributed by atoms with Crippen LogP contribution >= 0.6 is 11.6 Å². The summed E-state index contributed by atoms with van der Waals surface area (Å²) in [5.74, 6) is 0.121. The van der Waals surface area contributed by atoms with E-state index in [1.54, 1.807) is 17.0 Å². The maximum Gasteiger partial charge on any atom is 0.410 e. The van der Waals surface area contributed by atoms with Gasteiger partial charge in [-0.15, -0.1) is 11.6 Å². The molecule has 1 fully saturated rings. The molecule has 10 heteroatoms. The van der Waals surface area contributed by atoms with Crippen molar-refractivity contribution in [3.8, 4) is 0 Å². The average Bonchev–Trinajstić information content (AvgIpc) is 2.65. The Balaban J connectivity index is 1.88. The van der Waals surface area contributed by atoms with E-state index < -0.39 is 21.7 Å². The smallest absolute Gasteiger partial charge is 0.410 e. The third-order valence-corrected chi connectivity index (χ3v) is 6.25. The monoisotopic (exact) mass is 447 g/mol. The Morgan fingerprint density at radius 2 is 1.86 bits per heavy atom. The first-order valence-corrected chi connectivity index (χ1v) is 11.6. The molecule has 29 heavy (non-hydrogen) atoms. The lowest BCUT2D eigenvalue weighted by Gasteiger charge is -2.33. The van der Waals surface area contributed by atoms with Crippen molar-refractivity contribution in [3.05, 3.63) is 24.3 Å². The van der Waals surface area contributed by atoms with E-state index >= 15 is 0 Å². The van der Waals surface area contributed by atoms with Gasteiger partial charge < -0.3 is 20.1 Å². The maximum absolute atomic E-state index is 12.6. The van der Waals surface area contributed by atoms with Gasteiger partial charge in [0.2, 0.25) is 10.0 Å². The van der Waals surface area contributed by atoms with Gasteiger partial charge in [0.05, 0.1) is 16.9 Å². The Labute approximate surface area is 177 Å². The number of nitrogens with zero attached hydrogens (tertiary/aromatic N) is 1. The number of benzene rings is 1. The quantitative estimate of drug-likeness (QED) is 0.554. The number of sulfonamides is 1. The number of likely N-dealkylation sites (tertiary alicyclic amines) is 1. The summed E-state index contributed by atoms with van der Waals surface area (Å²) in [5, 5.41) is 12.4. The number of aliphatic hydroxyl groups excluding tert-OH is 1. The Morgan fingerprint density at radius 1 is 1.28 bits per heavy atom. The molecule has 1 aliphatic heterocycles. The molecular weight excluding hydrogens is 418 g/mol. The SMILES string of the molecule is CC(C)(C)OC(=O)N1CCC(NS(=O)(=O)c2ccc(NCC(O)CCl)cc2)CC1. The molecule has 0 aromatic heterocycles. The van der Waals surface area contributed by atoms with Gasteiger partial charge in [0.1, 0.15) is 5.60 Å². The van der Waals surface area contributed by atoms with E-state index in [0.29, 0.717) is 31.6 Å². The van der Waals surface area contributed by atoms with Gasteiger partial charge in [0.15, 0.2) is 0 Å². The molecule has 1 aromatic rings. The zero-order valence-corrected chi connectivity index (χ0v) is 18.6. The molecule has 1 unspecified atom stereocenters. The minimum atomic E-state index is -3.66. The summed E-state index contributed by atoms with van der Waals surface area (Å²) < 4.78 is 33.3. The second-order valence-electron chi connectivity index (χ2n) is 8.08. The molecule has 0 aliphatic carbocycles. The van der Waals surface area contributed by atoms with E-state index in [0.717, 1.165) is 0 Å². The molecular formula is C19H30ClN3O5S. The van der Waals surface area contributed by atoms with Crippen molar-refractivity contribution in [2.45, 2.75) is 56.3 Å². The van der Waals surface area contributed by atoms with Crippen LogP contribution in [0.4, 0.5) is 10.5 Å². The molecule has 1 heterocycles. The van der Waals surface area contributed by atoms with Crippen LogP contribution in [0.1, 0.15) is 33.6 Å². The fourth-order valence-electron chi connectivity index (χ4n) is 2.84. The highest BCUT2D eigenvalue weighted by molar-refractivity contribution is 7.89. The number of carbonyl (C=O) groups is 1. The molecule has 1 amide bonds. The highest BCUT2D eigenvalue weighted by atomic mass is 35.5. The number of aliphatic hydroxyl groups is 1. The lowest BCUT2D eigenvalue weighted by molar-refractivity contribution is 0.0203. The molecule has 8 nitrogen and oxygen atoms in total. The molecule has 0 radical (unpaired) electrons. The summed E-state index contributed by atoms with van der Waals surface area (Å²) in [6.07, 6.45) is -0.00229. The molecule has 2 rings (SSSR count). The Morgan fingerprint density at radius 3 is 2.38 bits per heavy atom. The number of halogens is 1. The van der Waals surface area contributed by atoms with E-state index in [2.05, 4.69) is 10.0 Å². The molecule has 1 atom stereocenters. The second-order valence-corrected chi connectivity index (χ2v) is 10.1. The van der Waals surface area contributed by atoms with E-state index in [9.17, 15) is 18.3 Å². The molecule has 0 spiro atoms. The highest BCUT2D eigenvalue weighted by Crippen LogP contribution is 2.19. The number of anilines is 1. The summed E-state index contributed by atoms with van der Waals surface area (Å²) in [7, 11) is -3.66. The molecule has 1 aromatic carbocycles. The minimum absolute atomic E-state index is 0.121. The van der Waals surface area contributed by atoms with Crippen molar-refractivity contribution < 1.29 is 23.1 Å². The third-order valence-electron chi connectivity index (χ3n) is 4.35. The van der Waals surface area contributed by atoms with E-state index in [-0.39, 0.29) is 29.5 Å². The first-order valence-electron chi connectivity index (χ1n) is 9.58. The lowest BCUT2D eigenvalue weighted by Crippen LogP contribution is -2.47. The molecule has 3 N–H and O–H groups in total. The Bertz CT molecular complexity index is 772. The van der Waals surface area contributed by atoms with Gasteiger partial charge in [-0.05, 0) is 57.9 Å². The van der Waals surface area contributed by atoms with Gasteiger partial charge in [-0.1, -0.05) is 0 Å². The Hall–Kier alpha value is -1.55. The van der Waals surface area contributed by atoms with Crippen LogP contribution in [-0.4, -0.2) is 67.8 Å². The fourth-order valence-corrected chi connectivity index (χ4v) is 4.25. The summed E-state index contributed by atoms with van der Waals surface area (Å²) in [6, 6.07) is 6.05. The van der Waals surface area contributed by atoms with Crippen molar-refractivity contribution in [1.29, 1.82) is 0 Å². The summed E-state index contributed by atoms with van der Waals surface area (Å²) in [4.78, 5) is 13.9. The third kappa shape index (κ3) is 7.65. The van der Waals surface area contributed by atoms with Crippen LogP contribution < -0.4 is 10.0 Å². The molecule has 1 saturated heterocycles. The maximum atomic E-state index is 12.6. The van der Waals surface area contributed by atoms with Gasteiger partial charge in [0.25, 0.3) is 0 Å². The summed E-state index contributed by atoms with van der Waals surface area (Å²) in [6.45, 7) is 6.59. The molecule has 1 aliphatic rings. The number of hydrogen-bond donors (Lipinski definition) is 3. The molecule has 164 valence electrons. The normalized spacial score (nSPS) is 17.1. The molecule has 0 saturated carbocycles. The van der Waals surface area contributed by atoms with E-state index in [4.69, 9.17) is 16.3 Å². The predicted octanol–water partition coefficient (Wildman–Crippen LogP) is 2.38. The van der Waals surface area contributed by atoms with Crippen LogP contribution in [0, 0.1) is 0 Å². The van der Waals surface area contributed by atoms with Crippen LogP contribution in [0.3, 0.4) is 0 Å². The Kier molecular flexibility index (Phi) is 8.16. The first-order chi connectivity index (χ1) is 13.5. The number of hydrogen-bond acceptors (Lipinski definition) is 6.